The molecule has 98 valence electrons. The standard InChI is InChI=1S/C17H30/c1-8-10-16(6,11-9-2)17(7)12-13(3)14(4)15(17)5/h12H,8-11H2,1-7H3. The molecule has 0 heteroatoms. The van der Waals surface area contributed by atoms with Crippen LogP contribution in [0.3, 0.4) is 0 Å². The Labute approximate surface area is 108 Å². The van der Waals surface area contributed by atoms with Crippen LogP contribution in [-0.2, 0) is 0 Å². The second-order valence-electron chi connectivity index (χ2n) is 6.34. The molecule has 1 aliphatic rings. The van der Waals surface area contributed by atoms with Gasteiger partial charge in [-0.1, -0.05) is 57.8 Å². The minimum Gasteiger partial charge on any atom is -0.0708 e. The highest BCUT2D eigenvalue weighted by molar-refractivity contribution is 5.46. The average molecular weight is 234 g/mol. The van der Waals surface area contributed by atoms with E-state index in [1.165, 1.54) is 36.8 Å². The zero-order chi connectivity index (χ0) is 13.3. The van der Waals surface area contributed by atoms with E-state index in [4.69, 9.17) is 0 Å². The molecule has 0 aromatic carbocycles. The molecule has 0 saturated carbocycles. The van der Waals surface area contributed by atoms with Gasteiger partial charge in [0.1, 0.15) is 0 Å². The molecule has 0 radical (unpaired) electrons. The molecule has 0 spiro atoms. The fraction of sp³-hybridized carbons (Fsp3) is 0.765. The predicted octanol–water partition coefficient (Wildman–Crippen LogP) is 5.90. The minimum absolute atomic E-state index is 0.271. The van der Waals surface area contributed by atoms with Gasteiger partial charge in [-0.2, -0.15) is 0 Å². The highest BCUT2D eigenvalue weighted by atomic mass is 14.5. The van der Waals surface area contributed by atoms with Crippen molar-refractivity contribution in [2.75, 3.05) is 0 Å². The molecule has 0 bridgehead atoms. The van der Waals surface area contributed by atoms with Crippen molar-refractivity contribution in [2.24, 2.45) is 10.8 Å². The van der Waals surface area contributed by atoms with Crippen LogP contribution in [-0.4, -0.2) is 0 Å². The first kappa shape index (κ1) is 14.5. The Morgan fingerprint density at radius 1 is 1.06 bits per heavy atom. The lowest BCUT2D eigenvalue weighted by Gasteiger charge is -2.45. The summed E-state index contributed by atoms with van der Waals surface area (Å²) in [5.74, 6) is 0. The molecule has 0 nitrogen and oxygen atoms in total. The van der Waals surface area contributed by atoms with Crippen LogP contribution in [0.1, 0.15) is 74.1 Å². The lowest BCUT2D eigenvalue weighted by molar-refractivity contribution is 0.127. The topological polar surface area (TPSA) is 0 Å². The molecule has 0 aliphatic heterocycles. The van der Waals surface area contributed by atoms with Crippen LogP contribution < -0.4 is 0 Å². The van der Waals surface area contributed by atoms with Gasteiger partial charge in [0, 0.05) is 5.41 Å². The Morgan fingerprint density at radius 2 is 1.53 bits per heavy atom. The molecule has 0 amide bonds. The summed E-state index contributed by atoms with van der Waals surface area (Å²) in [6.45, 7) is 16.5. The van der Waals surface area contributed by atoms with Crippen LogP contribution in [0.2, 0.25) is 0 Å². The number of rotatable bonds is 5. The Balaban J connectivity index is 3.20. The molecular weight excluding hydrogens is 204 g/mol. The molecule has 1 rings (SSSR count). The van der Waals surface area contributed by atoms with Gasteiger partial charge in [0.15, 0.2) is 0 Å². The van der Waals surface area contributed by atoms with E-state index < -0.39 is 0 Å². The van der Waals surface area contributed by atoms with E-state index >= 15 is 0 Å². The van der Waals surface area contributed by atoms with E-state index in [0.29, 0.717) is 5.41 Å². The maximum atomic E-state index is 2.53. The summed E-state index contributed by atoms with van der Waals surface area (Å²) in [4.78, 5) is 0. The van der Waals surface area contributed by atoms with Crippen molar-refractivity contribution in [3.05, 3.63) is 22.8 Å². The van der Waals surface area contributed by atoms with E-state index in [1.807, 2.05) is 0 Å². The highest BCUT2D eigenvalue weighted by Crippen LogP contribution is 2.56. The van der Waals surface area contributed by atoms with Gasteiger partial charge in [0.05, 0.1) is 0 Å². The van der Waals surface area contributed by atoms with Gasteiger partial charge in [-0.3, -0.25) is 0 Å². The first-order valence-corrected chi connectivity index (χ1v) is 7.20. The first-order chi connectivity index (χ1) is 7.82. The number of allylic oxidation sites excluding steroid dienone is 4. The van der Waals surface area contributed by atoms with E-state index in [2.05, 4.69) is 54.5 Å². The van der Waals surface area contributed by atoms with Crippen LogP contribution in [0.15, 0.2) is 22.8 Å². The normalized spacial score (nSPS) is 25.5. The zero-order valence-electron chi connectivity index (χ0n) is 12.9. The fourth-order valence-electron chi connectivity index (χ4n) is 3.71. The SMILES string of the molecule is CCCC(C)(CCC)C1(C)C=C(C)C(C)=C1C. The second-order valence-corrected chi connectivity index (χ2v) is 6.34. The van der Waals surface area contributed by atoms with Crippen molar-refractivity contribution in [1.29, 1.82) is 0 Å². The van der Waals surface area contributed by atoms with Gasteiger partial charge in [-0.05, 0) is 44.6 Å². The molecule has 0 aromatic rings. The molecule has 0 fully saturated rings. The summed E-state index contributed by atoms with van der Waals surface area (Å²) in [5, 5.41) is 0. The summed E-state index contributed by atoms with van der Waals surface area (Å²) >= 11 is 0. The van der Waals surface area contributed by atoms with Crippen molar-refractivity contribution < 1.29 is 0 Å². The zero-order valence-corrected chi connectivity index (χ0v) is 12.9. The van der Waals surface area contributed by atoms with Crippen LogP contribution in [0.5, 0.6) is 0 Å². The van der Waals surface area contributed by atoms with Gasteiger partial charge in [0.2, 0.25) is 0 Å². The van der Waals surface area contributed by atoms with Gasteiger partial charge in [-0.25, -0.2) is 0 Å². The Morgan fingerprint density at radius 3 is 1.82 bits per heavy atom. The third kappa shape index (κ3) is 2.23. The van der Waals surface area contributed by atoms with Gasteiger partial charge in [-0.15, -0.1) is 0 Å². The highest BCUT2D eigenvalue weighted by Gasteiger charge is 2.45. The van der Waals surface area contributed by atoms with E-state index in [9.17, 15) is 0 Å². The summed E-state index contributed by atoms with van der Waals surface area (Å²) in [6, 6.07) is 0. The summed E-state index contributed by atoms with van der Waals surface area (Å²) < 4.78 is 0. The van der Waals surface area contributed by atoms with E-state index in [1.54, 1.807) is 5.57 Å². The van der Waals surface area contributed by atoms with Crippen LogP contribution >= 0.6 is 0 Å². The van der Waals surface area contributed by atoms with E-state index in [0.717, 1.165) is 0 Å². The third-order valence-electron chi connectivity index (χ3n) is 5.30. The molecule has 0 aromatic heterocycles. The number of hydrogen-bond acceptors (Lipinski definition) is 0. The summed E-state index contributed by atoms with van der Waals surface area (Å²) in [7, 11) is 0. The van der Waals surface area contributed by atoms with Crippen molar-refractivity contribution in [3.63, 3.8) is 0 Å². The molecule has 0 N–H and O–H groups in total. The molecular formula is C17H30. The fourth-order valence-corrected chi connectivity index (χ4v) is 3.71. The average Bonchev–Trinajstić information content (AvgIpc) is 2.45. The maximum Gasteiger partial charge on any atom is 0.0125 e. The van der Waals surface area contributed by atoms with E-state index in [-0.39, 0.29) is 5.41 Å². The number of hydrogen-bond donors (Lipinski definition) is 0. The largest absolute Gasteiger partial charge is 0.0708 e. The Bertz CT molecular complexity index is 337. The van der Waals surface area contributed by atoms with Crippen molar-refractivity contribution in [3.8, 4) is 0 Å². The van der Waals surface area contributed by atoms with Crippen LogP contribution in [0, 0.1) is 10.8 Å². The van der Waals surface area contributed by atoms with Crippen LogP contribution in [0.4, 0.5) is 0 Å². The van der Waals surface area contributed by atoms with Crippen molar-refractivity contribution in [2.45, 2.75) is 74.1 Å². The van der Waals surface area contributed by atoms with Crippen molar-refractivity contribution in [1.82, 2.24) is 0 Å². The Kier molecular flexibility index (Phi) is 4.28. The molecule has 1 unspecified atom stereocenters. The monoisotopic (exact) mass is 234 g/mol. The minimum atomic E-state index is 0.271. The molecule has 0 heterocycles. The maximum absolute atomic E-state index is 2.53. The summed E-state index contributed by atoms with van der Waals surface area (Å²) in [6.07, 6.45) is 7.75. The van der Waals surface area contributed by atoms with Gasteiger partial charge >= 0.3 is 0 Å². The quantitative estimate of drug-likeness (QED) is 0.556. The molecule has 17 heavy (non-hydrogen) atoms. The summed E-state index contributed by atoms with van der Waals surface area (Å²) in [5.41, 5.74) is 5.29. The second kappa shape index (κ2) is 5.00. The molecule has 1 atom stereocenters. The molecule has 1 aliphatic carbocycles. The van der Waals surface area contributed by atoms with Crippen molar-refractivity contribution >= 4 is 0 Å². The lowest BCUT2D eigenvalue weighted by Crippen LogP contribution is -2.36. The Hall–Kier alpha value is -0.520. The first-order valence-electron chi connectivity index (χ1n) is 7.20. The smallest absolute Gasteiger partial charge is 0.0125 e. The third-order valence-corrected chi connectivity index (χ3v) is 5.30. The lowest BCUT2D eigenvalue weighted by atomic mass is 9.59. The molecule has 0 saturated heterocycles. The van der Waals surface area contributed by atoms with Gasteiger partial charge < -0.3 is 0 Å². The predicted molar refractivity (Wildman–Crippen MR) is 78.2 cm³/mol. The van der Waals surface area contributed by atoms with Crippen LogP contribution in [0.25, 0.3) is 0 Å². The van der Waals surface area contributed by atoms with Gasteiger partial charge in [0.25, 0.3) is 0 Å².